The van der Waals surface area contributed by atoms with Gasteiger partial charge in [-0.05, 0) is 34.6 Å². The SMILES string of the molecule is Cc1nc(C(C)NC(=O)O)sc1C(=O)OC(C)(C)C. The fourth-order valence-electron chi connectivity index (χ4n) is 1.36. The summed E-state index contributed by atoms with van der Waals surface area (Å²) in [6.07, 6.45) is -1.13. The molecular weight excluding hydrogens is 268 g/mol. The summed E-state index contributed by atoms with van der Waals surface area (Å²) >= 11 is 1.15. The van der Waals surface area contributed by atoms with Gasteiger partial charge in [0.1, 0.15) is 15.5 Å². The summed E-state index contributed by atoms with van der Waals surface area (Å²) in [5.41, 5.74) is -0.0215. The number of aromatic nitrogens is 1. The Morgan fingerprint density at radius 3 is 2.47 bits per heavy atom. The van der Waals surface area contributed by atoms with Crippen LogP contribution < -0.4 is 5.32 Å². The van der Waals surface area contributed by atoms with Crippen LogP contribution in [0.1, 0.15) is 54.1 Å². The van der Waals surface area contributed by atoms with Gasteiger partial charge in [-0.1, -0.05) is 0 Å². The van der Waals surface area contributed by atoms with Crippen molar-refractivity contribution in [3.63, 3.8) is 0 Å². The van der Waals surface area contributed by atoms with E-state index < -0.39 is 23.7 Å². The first-order valence-corrected chi connectivity index (χ1v) is 6.62. The summed E-state index contributed by atoms with van der Waals surface area (Å²) in [4.78, 5) is 27.1. The molecule has 106 valence electrons. The van der Waals surface area contributed by atoms with Crippen LogP contribution in [0.3, 0.4) is 0 Å². The number of rotatable bonds is 3. The summed E-state index contributed by atoms with van der Waals surface area (Å²) in [6.45, 7) is 8.74. The highest BCUT2D eigenvalue weighted by Gasteiger charge is 2.24. The third-order valence-electron chi connectivity index (χ3n) is 2.11. The predicted octanol–water partition coefficient (Wildman–Crippen LogP) is 2.74. The molecular formula is C12H18N2O4S. The molecule has 0 fully saturated rings. The molecule has 2 N–H and O–H groups in total. The Balaban J connectivity index is 2.90. The third-order valence-corrected chi connectivity index (χ3v) is 3.43. The number of aryl methyl sites for hydroxylation is 1. The van der Waals surface area contributed by atoms with E-state index in [-0.39, 0.29) is 0 Å². The number of hydrogen-bond acceptors (Lipinski definition) is 5. The summed E-state index contributed by atoms with van der Waals surface area (Å²) in [5.74, 6) is -0.434. The van der Waals surface area contributed by atoms with E-state index in [1.54, 1.807) is 34.6 Å². The van der Waals surface area contributed by atoms with Crippen LogP contribution in [0.4, 0.5) is 4.79 Å². The second kappa shape index (κ2) is 5.56. The lowest BCUT2D eigenvalue weighted by molar-refractivity contribution is 0.00741. The van der Waals surface area contributed by atoms with E-state index in [0.717, 1.165) is 11.3 Å². The van der Waals surface area contributed by atoms with Crippen LogP contribution in [0.15, 0.2) is 0 Å². The molecule has 1 aromatic heterocycles. The first-order chi connectivity index (χ1) is 8.60. The number of amides is 1. The predicted molar refractivity (Wildman–Crippen MR) is 71.6 cm³/mol. The second-order valence-electron chi connectivity index (χ2n) is 5.14. The smallest absolute Gasteiger partial charge is 0.405 e. The zero-order valence-electron chi connectivity index (χ0n) is 11.6. The molecule has 0 radical (unpaired) electrons. The minimum absolute atomic E-state index is 0.406. The van der Waals surface area contributed by atoms with Crippen LogP contribution in [0, 0.1) is 6.92 Å². The molecule has 1 rings (SSSR count). The number of carbonyl (C=O) groups is 2. The second-order valence-corrected chi connectivity index (χ2v) is 6.17. The zero-order valence-corrected chi connectivity index (χ0v) is 12.4. The molecule has 6 nitrogen and oxygen atoms in total. The van der Waals surface area contributed by atoms with E-state index in [4.69, 9.17) is 9.84 Å². The molecule has 1 heterocycles. The van der Waals surface area contributed by atoms with Crippen molar-refractivity contribution in [2.45, 2.75) is 46.3 Å². The number of nitrogens with zero attached hydrogens (tertiary/aromatic N) is 1. The van der Waals surface area contributed by atoms with Gasteiger partial charge in [0, 0.05) is 0 Å². The van der Waals surface area contributed by atoms with Gasteiger partial charge in [-0.2, -0.15) is 0 Å². The van der Waals surface area contributed by atoms with Crippen LogP contribution in [0.2, 0.25) is 0 Å². The fraction of sp³-hybridized carbons (Fsp3) is 0.583. The summed E-state index contributed by atoms with van der Waals surface area (Å²) < 4.78 is 5.27. The Kier molecular flexibility index (Phi) is 4.52. The maximum absolute atomic E-state index is 12.0. The van der Waals surface area contributed by atoms with Gasteiger partial charge in [-0.25, -0.2) is 14.6 Å². The topological polar surface area (TPSA) is 88.5 Å². The number of ether oxygens (including phenoxy) is 1. The molecule has 1 amide bonds. The molecule has 7 heteroatoms. The Bertz CT molecular complexity index is 490. The lowest BCUT2D eigenvalue weighted by Gasteiger charge is -2.18. The average molecular weight is 286 g/mol. The maximum atomic E-state index is 12.0. The number of carbonyl (C=O) groups excluding carboxylic acids is 1. The molecule has 0 aromatic carbocycles. The van der Waals surface area contributed by atoms with E-state index >= 15 is 0 Å². The third kappa shape index (κ3) is 4.51. The van der Waals surface area contributed by atoms with Gasteiger partial charge in [0.05, 0.1) is 11.7 Å². The number of hydrogen-bond donors (Lipinski definition) is 2. The average Bonchev–Trinajstić information content (AvgIpc) is 2.56. The van der Waals surface area contributed by atoms with Crippen molar-refractivity contribution in [3.8, 4) is 0 Å². The van der Waals surface area contributed by atoms with Gasteiger partial charge in [0.15, 0.2) is 0 Å². The minimum atomic E-state index is -1.13. The molecule has 1 unspecified atom stereocenters. The molecule has 19 heavy (non-hydrogen) atoms. The molecule has 1 aromatic rings. The summed E-state index contributed by atoms with van der Waals surface area (Å²) in [7, 11) is 0. The molecule has 0 bridgehead atoms. The van der Waals surface area contributed by atoms with Gasteiger partial charge in [-0.3, -0.25) is 0 Å². The van der Waals surface area contributed by atoms with Gasteiger partial charge in [0.25, 0.3) is 0 Å². The summed E-state index contributed by atoms with van der Waals surface area (Å²) in [6, 6.07) is -0.461. The van der Waals surface area contributed by atoms with Gasteiger partial charge >= 0.3 is 12.1 Å². The molecule has 0 saturated heterocycles. The Morgan fingerprint density at radius 2 is 2.00 bits per heavy atom. The Hall–Kier alpha value is -1.63. The van der Waals surface area contributed by atoms with Crippen molar-refractivity contribution in [1.82, 2.24) is 10.3 Å². The van der Waals surface area contributed by atoms with Crippen molar-refractivity contribution in [2.24, 2.45) is 0 Å². The highest BCUT2D eigenvalue weighted by atomic mass is 32.1. The monoisotopic (exact) mass is 286 g/mol. The number of carboxylic acid groups (broad SMARTS) is 1. The van der Waals surface area contributed by atoms with Crippen LogP contribution in [0.25, 0.3) is 0 Å². The normalized spacial score (nSPS) is 12.9. The molecule has 0 aliphatic rings. The lowest BCUT2D eigenvalue weighted by atomic mass is 10.2. The van der Waals surface area contributed by atoms with Gasteiger partial charge < -0.3 is 15.2 Å². The van der Waals surface area contributed by atoms with Crippen molar-refractivity contribution in [1.29, 1.82) is 0 Å². The highest BCUT2D eigenvalue weighted by molar-refractivity contribution is 7.13. The Morgan fingerprint density at radius 1 is 1.42 bits per heavy atom. The number of esters is 1. The molecule has 0 spiro atoms. The summed E-state index contributed by atoms with van der Waals surface area (Å²) in [5, 5.41) is 11.5. The van der Waals surface area contributed by atoms with Crippen LogP contribution in [0.5, 0.6) is 0 Å². The van der Waals surface area contributed by atoms with E-state index in [2.05, 4.69) is 10.3 Å². The fourth-order valence-corrected chi connectivity index (χ4v) is 2.31. The maximum Gasteiger partial charge on any atom is 0.405 e. The first-order valence-electron chi connectivity index (χ1n) is 5.80. The van der Waals surface area contributed by atoms with Crippen molar-refractivity contribution in [2.75, 3.05) is 0 Å². The van der Waals surface area contributed by atoms with E-state index in [1.807, 2.05) is 0 Å². The molecule has 0 aliphatic carbocycles. The van der Waals surface area contributed by atoms with Crippen molar-refractivity contribution >= 4 is 23.4 Å². The van der Waals surface area contributed by atoms with Crippen LogP contribution in [-0.4, -0.2) is 27.8 Å². The lowest BCUT2D eigenvalue weighted by Crippen LogP contribution is -2.24. The van der Waals surface area contributed by atoms with Gasteiger partial charge in [-0.15, -0.1) is 11.3 Å². The van der Waals surface area contributed by atoms with Crippen LogP contribution >= 0.6 is 11.3 Å². The van der Waals surface area contributed by atoms with Crippen molar-refractivity contribution < 1.29 is 19.4 Å². The molecule has 0 aliphatic heterocycles. The zero-order chi connectivity index (χ0) is 14.8. The number of thiazole rings is 1. The van der Waals surface area contributed by atoms with Crippen LogP contribution in [-0.2, 0) is 4.74 Å². The first kappa shape index (κ1) is 15.4. The quantitative estimate of drug-likeness (QED) is 0.834. The minimum Gasteiger partial charge on any atom is -0.465 e. The van der Waals surface area contributed by atoms with Crippen molar-refractivity contribution in [3.05, 3.63) is 15.6 Å². The van der Waals surface area contributed by atoms with E-state index in [1.165, 1.54) is 0 Å². The standard InChI is InChI=1S/C12H18N2O4S/c1-6-8(10(15)18-12(3,4)5)19-9(13-6)7(2)14-11(16)17/h7,14H,1-5H3,(H,16,17). The highest BCUT2D eigenvalue weighted by Crippen LogP contribution is 2.25. The Labute approximate surface area is 115 Å². The molecule has 1 atom stereocenters. The molecule has 0 saturated carbocycles. The van der Waals surface area contributed by atoms with Gasteiger partial charge in [0.2, 0.25) is 0 Å². The number of nitrogens with one attached hydrogen (secondary N) is 1. The largest absolute Gasteiger partial charge is 0.465 e. The van der Waals surface area contributed by atoms with E-state index in [9.17, 15) is 9.59 Å². The van der Waals surface area contributed by atoms with E-state index in [0.29, 0.717) is 15.6 Å².